The van der Waals surface area contributed by atoms with Crippen LogP contribution in [0.3, 0.4) is 0 Å². The average Bonchev–Trinajstić information content (AvgIpc) is 3.32. The van der Waals surface area contributed by atoms with Gasteiger partial charge in [-0.1, -0.05) is 48.5 Å². The van der Waals surface area contributed by atoms with E-state index in [9.17, 15) is 4.79 Å². The van der Waals surface area contributed by atoms with Crippen molar-refractivity contribution in [2.24, 2.45) is 0 Å². The zero-order chi connectivity index (χ0) is 18.2. The lowest BCUT2D eigenvalue weighted by atomic mass is 10.0. The van der Waals surface area contributed by atoms with Gasteiger partial charge in [0.05, 0.1) is 13.0 Å². The van der Waals surface area contributed by atoms with Gasteiger partial charge in [0, 0.05) is 29.2 Å². The molecule has 0 spiro atoms. The Bertz CT molecular complexity index is 1110. The number of amides is 1. The lowest BCUT2D eigenvalue weighted by Gasteiger charge is -2.26. The molecule has 27 heavy (non-hydrogen) atoms. The summed E-state index contributed by atoms with van der Waals surface area (Å²) in [5.74, 6) is 1.93. The number of rotatable bonds is 3. The molecule has 0 aliphatic carbocycles. The van der Waals surface area contributed by atoms with Crippen LogP contribution >= 0.6 is 0 Å². The number of furan rings is 1. The first-order valence-corrected chi connectivity index (χ1v) is 9.28. The molecule has 0 saturated heterocycles. The van der Waals surface area contributed by atoms with Crippen molar-refractivity contribution in [3.63, 3.8) is 0 Å². The second-order valence-electron chi connectivity index (χ2n) is 7.03. The Hall–Kier alpha value is -3.27. The molecule has 4 aromatic rings. The summed E-state index contributed by atoms with van der Waals surface area (Å²) in [5.41, 5.74) is 4.40. The van der Waals surface area contributed by atoms with Gasteiger partial charge in [-0.05, 0) is 29.7 Å². The summed E-state index contributed by atoms with van der Waals surface area (Å²) >= 11 is 0. The van der Waals surface area contributed by atoms with Gasteiger partial charge in [0.15, 0.2) is 0 Å². The topological polar surface area (TPSA) is 49.2 Å². The third kappa shape index (κ3) is 2.93. The average molecular weight is 356 g/mol. The summed E-state index contributed by atoms with van der Waals surface area (Å²) in [6, 6.07) is 20.3. The number of nitrogens with one attached hydrogen (secondary N) is 1. The summed E-state index contributed by atoms with van der Waals surface area (Å²) < 4.78 is 6.08. The molecule has 5 rings (SSSR count). The van der Waals surface area contributed by atoms with E-state index in [-0.39, 0.29) is 5.91 Å². The smallest absolute Gasteiger partial charge is 0.227 e. The summed E-state index contributed by atoms with van der Waals surface area (Å²) in [6.07, 6.45) is 3.19. The van der Waals surface area contributed by atoms with Crippen LogP contribution in [0.25, 0.3) is 22.2 Å². The van der Waals surface area contributed by atoms with Crippen LogP contribution in [0.15, 0.2) is 71.3 Å². The highest BCUT2D eigenvalue weighted by atomic mass is 16.3. The molecule has 0 radical (unpaired) electrons. The summed E-state index contributed by atoms with van der Waals surface area (Å²) in [4.78, 5) is 18.0. The number of H-pyrrole nitrogens is 1. The molecule has 0 bridgehead atoms. The van der Waals surface area contributed by atoms with E-state index in [1.54, 1.807) is 0 Å². The lowest BCUT2D eigenvalue weighted by molar-refractivity contribution is -0.131. The maximum Gasteiger partial charge on any atom is 0.227 e. The normalized spacial score (nSPS) is 13.7. The molecule has 0 atom stereocenters. The van der Waals surface area contributed by atoms with E-state index in [1.165, 1.54) is 5.56 Å². The third-order valence-corrected chi connectivity index (χ3v) is 5.31. The standard InChI is InChI=1S/C23H20N2O2/c26-23(13-18-14-24-20-9-5-4-8-19(18)20)25-11-10-17-12-21(27-22(17)15-25)16-6-2-1-3-7-16/h1-9,12,14,24H,10-11,13,15H2. The number of carbonyl (C=O) groups is 1. The zero-order valence-electron chi connectivity index (χ0n) is 14.9. The Morgan fingerprint density at radius 3 is 2.78 bits per heavy atom. The van der Waals surface area contributed by atoms with Crippen molar-refractivity contribution in [3.8, 4) is 11.3 Å². The van der Waals surface area contributed by atoms with Crippen molar-refractivity contribution < 1.29 is 9.21 Å². The van der Waals surface area contributed by atoms with Gasteiger partial charge < -0.3 is 14.3 Å². The minimum atomic E-state index is 0.142. The molecular formula is C23H20N2O2. The number of benzene rings is 2. The summed E-state index contributed by atoms with van der Waals surface area (Å²) in [6.45, 7) is 1.28. The molecule has 4 nitrogen and oxygen atoms in total. The Kier molecular flexibility index (Phi) is 3.82. The highest BCUT2D eigenvalue weighted by Gasteiger charge is 2.25. The minimum Gasteiger partial charge on any atom is -0.459 e. The highest BCUT2D eigenvalue weighted by Crippen LogP contribution is 2.30. The summed E-state index contributed by atoms with van der Waals surface area (Å²) in [5, 5.41) is 1.12. The number of para-hydroxylation sites is 1. The van der Waals surface area contributed by atoms with E-state index in [4.69, 9.17) is 4.42 Å². The predicted octanol–water partition coefficient (Wildman–Crippen LogP) is 4.56. The third-order valence-electron chi connectivity index (χ3n) is 5.31. The molecule has 134 valence electrons. The van der Waals surface area contributed by atoms with Crippen LogP contribution in [0, 0.1) is 0 Å². The summed E-state index contributed by atoms with van der Waals surface area (Å²) in [7, 11) is 0. The Balaban J connectivity index is 1.34. The van der Waals surface area contributed by atoms with Gasteiger partial charge in [-0.2, -0.15) is 0 Å². The quantitative estimate of drug-likeness (QED) is 0.585. The molecule has 1 aliphatic heterocycles. The zero-order valence-corrected chi connectivity index (χ0v) is 14.9. The second-order valence-corrected chi connectivity index (χ2v) is 7.03. The molecule has 2 aromatic carbocycles. The SMILES string of the molecule is O=C(Cc1c[nH]c2ccccc12)N1CCc2cc(-c3ccccc3)oc2C1. The van der Waals surface area contributed by atoms with Crippen LogP contribution in [0.5, 0.6) is 0 Å². The fourth-order valence-corrected chi connectivity index (χ4v) is 3.83. The molecule has 2 aromatic heterocycles. The number of carbonyl (C=O) groups excluding carboxylic acids is 1. The number of nitrogens with zero attached hydrogens (tertiary/aromatic N) is 1. The van der Waals surface area contributed by atoms with Gasteiger partial charge >= 0.3 is 0 Å². The molecule has 1 aliphatic rings. The molecule has 3 heterocycles. The number of aromatic nitrogens is 1. The molecular weight excluding hydrogens is 336 g/mol. The van der Waals surface area contributed by atoms with Gasteiger partial charge in [-0.15, -0.1) is 0 Å². The van der Waals surface area contributed by atoms with E-state index in [0.29, 0.717) is 13.0 Å². The Morgan fingerprint density at radius 2 is 1.89 bits per heavy atom. The minimum absolute atomic E-state index is 0.142. The number of fused-ring (bicyclic) bond motifs is 2. The van der Waals surface area contributed by atoms with E-state index in [2.05, 4.69) is 17.1 Å². The maximum atomic E-state index is 12.9. The van der Waals surface area contributed by atoms with E-state index in [0.717, 1.165) is 46.5 Å². The van der Waals surface area contributed by atoms with Crippen LogP contribution in [0.4, 0.5) is 0 Å². The van der Waals surface area contributed by atoms with Gasteiger partial charge in [-0.25, -0.2) is 0 Å². The van der Waals surface area contributed by atoms with Crippen molar-refractivity contribution in [1.82, 2.24) is 9.88 Å². The number of aromatic amines is 1. The van der Waals surface area contributed by atoms with E-state index >= 15 is 0 Å². The first kappa shape index (κ1) is 15.9. The van der Waals surface area contributed by atoms with Crippen LogP contribution in [-0.2, 0) is 24.2 Å². The van der Waals surface area contributed by atoms with Crippen LogP contribution in [-0.4, -0.2) is 22.3 Å². The maximum absolute atomic E-state index is 12.9. The lowest BCUT2D eigenvalue weighted by Crippen LogP contribution is -2.36. The van der Waals surface area contributed by atoms with Crippen LogP contribution in [0.2, 0.25) is 0 Å². The van der Waals surface area contributed by atoms with Crippen molar-refractivity contribution in [1.29, 1.82) is 0 Å². The first-order valence-electron chi connectivity index (χ1n) is 9.28. The van der Waals surface area contributed by atoms with E-state index in [1.807, 2.05) is 59.6 Å². The van der Waals surface area contributed by atoms with Gasteiger partial charge in [-0.3, -0.25) is 4.79 Å². The van der Waals surface area contributed by atoms with Crippen molar-refractivity contribution in [2.45, 2.75) is 19.4 Å². The van der Waals surface area contributed by atoms with Crippen LogP contribution in [0.1, 0.15) is 16.9 Å². The molecule has 0 unspecified atom stereocenters. The van der Waals surface area contributed by atoms with Gasteiger partial charge in [0.25, 0.3) is 0 Å². The fourth-order valence-electron chi connectivity index (χ4n) is 3.83. The second kappa shape index (κ2) is 6.47. The predicted molar refractivity (Wildman–Crippen MR) is 105 cm³/mol. The Morgan fingerprint density at radius 1 is 1.07 bits per heavy atom. The van der Waals surface area contributed by atoms with Crippen molar-refractivity contribution in [2.75, 3.05) is 6.54 Å². The fraction of sp³-hybridized carbons (Fsp3) is 0.174. The molecule has 4 heteroatoms. The van der Waals surface area contributed by atoms with Gasteiger partial charge in [0.2, 0.25) is 5.91 Å². The van der Waals surface area contributed by atoms with E-state index < -0.39 is 0 Å². The highest BCUT2D eigenvalue weighted by molar-refractivity contribution is 5.89. The van der Waals surface area contributed by atoms with Crippen LogP contribution < -0.4 is 0 Å². The van der Waals surface area contributed by atoms with Crippen molar-refractivity contribution in [3.05, 3.63) is 83.7 Å². The number of hydrogen-bond acceptors (Lipinski definition) is 2. The monoisotopic (exact) mass is 356 g/mol. The number of hydrogen-bond donors (Lipinski definition) is 1. The van der Waals surface area contributed by atoms with Crippen molar-refractivity contribution >= 4 is 16.8 Å². The van der Waals surface area contributed by atoms with Gasteiger partial charge in [0.1, 0.15) is 11.5 Å². The Labute approximate surface area is 157 Å². The first-order chi connectivity index (χ1) is 13.3. The molecule has 0 saturated carbocycles. The largest absolute Gasteiger partial charge is 0.459 e. The molecule has 1 amide bonds. The molecule has 1 N–H and O–H groups in total. The molecule has 0 fully saturated rings.